The van der Waals surface area contributed by atoms with Gasteiger partial charge >= 0.3 is 0 Å². The zero-order valence-corrected chi connectivity index (χ0v) is 12.9. The minimum Gasteiger partial charge on any atom is -0.496 e. The average molecular weight is 288 g/mol. The van der Waals surface area contributed by atoms with Gasteiger partial charge in [0.2, 0.25) is 0 Å². The fraction of sp³-hybridized carbons (Fsp3) is 0.588. The lowest BCUT2D eigenvalue weighted by Crippen LogP contribution is -2.46. The maximum atomic E-state index is 10.2. The zero-order chi connectivity index (χ0) is 15.2. The third kappa shape index (κ3) is 3.75. The van der Waals surface area contributed by atoms with Crippen molar-refractivity contribution >= 4 is 0 Å². The van der Waals surface area contributed by atoms with Crippen LogP contribution in [0.3, 0.4) is 0 Å². The Morgan fingerprint density at radius 2 is 2.29 bits per heavy atom. The number of likely N-dealkylation sites (tertiary alicyclic amines) is 1. The molecule has 2 rings (SSSR count). The number of hydrogen-bond acceptors (Lipinski definition) is 4. The number of methoxy groups -OCH3 is 1. The van der Waals surface area contributed by atoms with Gasteiger partial charge in [0.15, 0.2) is 0 Å². The maximum absolute atomic E-state index is 10.2. The van der Waals surface area contributed by atoms with Crippen molar-refractivity contribution in [1.82, 2.24) is 4.90 Å². The van der Waals surface area contributed by atoms with Crippen LogP contribution in [0.4, 0.5) is 0 Å². The Hall–Kier alpha value is -1.57. The Bertz CT molecular complexity index is 510. The Kier molecular flexibility index (Phi) is 5.60. The monoisotopic (exact) mass is 288 g/mol. The van der Waals surface area contributed by atoms with Crippen LogP contribution in [0.15, 0.2) is 18.2 Å². The molecule has 1 saturated heterocycles. The van der Waals surface area contributed by atoms with Crippen LogP contribution < -0.4 is 4.74 Å². The Labute approximate surface area is 127 Å². The molecule has 1 aliphatic heterocycles. The minimum atomic E-state index is -0.269. The second kappa shape index (κ2) is 7.44. The summed E-state index contributed by atoms with van der Waals surface area (Å²) in [5, 5.41) is 19.2. The van der Waals surface area contributed by atoms with Crippen molar-refractivity contribution in [2.45, 2.75) is 51.3 Å². The number of piperidine rings is 1. The van der Waals surface area contributed by atoms with Crippen LogP contribution in [-0.2, 0) is 6.54 Å². The van der Waals surface area contributed by atoms with E-state index in [1.807, 2.05) is 19.1 Å². The molecule has 0 aliphatic carbocycles. The summed E-state index contributed by atoms with van der Waals surface area (Å²) in [6.07, 6.45) is 3.92. The normalized spacial score (nSPS) is 20.8. The summed E-state index contributed by atoms with van der Waals surface area (Å²) in [7, 11) is 1.63. The van der Waals surface area contributed by atoms with Crippen molar-refractivity contribution in [1.29, 1.82) is 5.26 Å². The lowest BCUT2D eigenvalue weighted by molar-refractivity contribution is 0.0192. The summed E-state index contributed by atoms with van der Waals surface area (Å²) in [4.78, 5) is 2.35. The van der Waals surface area contributed by atoms with E-state index in [0.29, 0.717) is 5.56 Å². The van der Waals surface area contributed by atoms with E-state index < -0.39 is 0 Å². The quantitative estimate of drug-likeness (QED) is 0.905. The van der Waals surface area contributed by atoms with Gasteiger partial charge in [-0.25, -0.2) is 0 Å². The molecule has 0 bridgehead atoms. The lowest BCUT2D eigenvalue weighted by Gasteiger charge is -2.38. The molecule has 1 fully saturated rings. The molecule has 1 N–H and O–H groups in total. The molecule has 4 heteroatoms. The Balaban J connectivity index is 2.17. The van der Waals surface area contributed by atoms with Crippen molar-refractivity contribution in [2.75, 3.05) is 13.7 Å². The Morgan fingerprint density at radius 3 is 2.95 bits per heavy atom. The van der Waals surface area contributed by atoms with Crippen LogP contribution in [0, 0.1) is 11.3 Å². The molecule has 1 aliphatic rings. The van der Waals surface area contributed by atoms with E-state index in [-0.39, 0.29) is 12.1 Å². The Morgan fingerprint density at radius 1 is 1.48 bits per heavy atom. The fourth-order valence-electron chi connectivity index (χ4n) is 3.08. The first kappa shape index (κ1) is 15.8. The van der Waals surface area contributed by atoms with Crippen LogP contribution >= 0.6 is 0 Å². The SMILES string of the molecule is CCC(O)C1CCCCN1Cc1ccc(C#N)cc1OC. The molecule has 1 aromatic rings. The number of rotatable bonds is 5. The maximum Gasteiger partial charge on any atom is 0.124 e. The standard InChI is InChI=1S/C17H24N2O2/c1-3-16(20)15-6-4-5-9-19(15)12-14-8-7-13(11-18)10-17(14)21-2/h7-8,10,15-16,20H,3-6,9,12H2,1-2H3. The molecule has 2 atom stereocenters. The van der Waals surface area contributed by atoms with Crippen molar-refractivity contribution in [3.8, 4) is 11.8 Å². The van der Waals surface area contributed by atoms with E-state index in [4.69, 9.17) is 10.00 Å². The summed E-state index contributed by atoms with van der Waals surface area (Å²) in [6, 6.07) is 7.93. The predicted octanol–water partition coefficient (Wildman–Crippen LogP) is 2.69. The van der Waals surface area contributed by atoms with E-state index in [2.05, 4.69) is 11.0 Å². The summed E-state index contributed by atoms with van der Waals surface area (Å²) >= 11 is 0. The molecule has 0 saturated carbocycles. The fourth-order valence-corrected chi connectivity index (χ4v) is 3.08. The zero-order valence-electron chi connectivity index (χ0n) is 12.9. The minimum absolute atomic E-state index is 0.226. The summed E-state index contributed by atoms with van der Waals surface area (Å²) < 4.78 is 5.41. The molecule has 2 unspecified atom stereocenters. The number of ether oxygens (including phenoxy) is 1. The molecule has 0 radical (unpaired) electrons. The average Bonchev–Trinajstić information content (AvgIpc) is 2.55. The largest absolute Gasteiger partial charge is 0.496 e. The third-order valence-corrected chi connectivity index (χ3v) is 4.32. The van der Waals surface area contributed by atoms with Gasteiger partial charge in [0, 0.05) is 18.2 Å². The smallest absolute Gasteiger partial charge is 0.124 e. The number of hydrogen-bond donors (Lipinski definition) is 1. The van der Waals surface area contributed by atoms with Crippen LogP contribution in [0.25, 0.3) is 0 Å². The lowest BCUT2D eigenvalue weighted by atomic mass is 9.95. The molecular formula is C17H24N2O2. The topological polar surface area (TPSA) is 56.5 Å². The molecule has 4 nitrogen and oxygen atoms in total. The molecule has 0 amide bonds. The molecular weight excluding hydrogens is 264 g/mol. The highest BCUT2D eigenvalue weighted by molar-refractivity contribution is 5.42. The number of nitrogens with zero attached hydrogens (tertiary/aromatic N) is 2. The number of benzene rings is 1. The molecule has 1 heterocycles. The van der Waals surface area contributed by atoms with Gasteiger partial charge < -0.3 is 9.84 Å². The highest BCUT2D eigenvalue weighted by Gasteiger charge is 2.28. The number of nitriles is 1. The first-order valence-corrected chi connectivity index (χ1v) is 7.68. The van der Waals surface area contributed by atoms with Crippen molar-refractivity contribution in [3.05, 3.63) is 29.3 Å². The summed E-state index contributed by atoms with van der Waals surface area (Å²) in [5.74, 6) is 0.754. The van der Waals surface area contributed by atoms with Gasteiger partial charge in [0.1, 0.15) is 5.75 Å². The first-order chi connectivity index (χ1) is 10.2. The highest BCUT2D eigenvalue weighted by Crippen LogP contribution is 2.27. The van der Waals surface area contributed by atoms with Crippen LogP contribution in [-0.4, -0.2) is 35.8 Å². The highest BCUT2D eigenvalue weighted by atomic mass is 16.5. The van der Waals surface area contributed by atoms with Crippen LogP contribution in [0.5, 0.6) is 5.75 Å². The molecule has 1 aromatic carbocycles. The third-order valence-electron chi connectivity index (χ3n) is 4.32. The van der Waals surface area contributed by atoms with Crippen LogP contribution in [0.1, 0.15) is 43.7 Å². The van der Waals surface area contributed by atoms with Gasteiger partial charge in [-0.2, -0.15) is 5.26 Å². The molecule has 0 aromatic heterocycles. The number of aliphatic hydroxyl groups is 1. The van der Waals surface area contributed by atoms with Gasteiger partial charge in [0.05, 0.1) is 24.8 Å². The van der Waals surface area contributed by atoms with Gasteiger partial charge in [-0.15, -0.1) is 0 Å². The predicted molar refractivity (Wildman–Crippen MR) is 82.1 cm³/mol. The van der Waals surface area contributed by atoms with E-state index >= 15 is 0 Å². The molecule has 114 valence electrons. The van der Waals surface area contributed by atoms with Gasteiger partial charge in [-0.05, 0) is 37.9 Å². The van der Waals surface area contributed by atoms with E-state index in [0.717, 1.165) is 37.2 Å². The van der Waals surface area contributed by atoms with E-state index in [1.54, 1.807) is 13.2 Å². The van der Waals surface area contributed by atoms with Crippen LogP contribution in [0.2, 0.25) is 0 Å². The second-order valence-electron chi connectivity index (χ2n) is 5.65. The summed E-state index contributed by atoms with van der Waals surface area (Å²) in [6.45, 7) is 3.79. The second-order valence-corrected chi connectivity index (χ2v) is 5.65. The summed E-state index contributed by atoms with van der Waals surface area (Å²) in [5.41, 5.74) is 1.69. The number of aliphatic hydroxyl groups excluding tert-OH is 1. The van der Waals surface area contributed by atoms with Gasteiger partial charge in [-0.3, -0.25) is 4.90 Å². The van der Waals surface area contributed by atoms with Crippen molar-refractivity contribution in [2.24, 2.45) is 0 Å². The van der Waals surface area contributed by atoms with Crippen molar-refractivity contribution in [3.63, 3.8) is 0 Å². The molecule has 0 spiro atoms. The van der Waals surface area contributed by atoms with Gasteiger partial charge in [0.25, 0.3) is 0 Å². The van der Waals surface area contributed by atoms with Crippen molar-refractivity contribution < 1.29 is 9.84 Å². The first-order valence-electron chi connectivity index (χ1n) is 7.68. The van der Waals surface area contributed by atoms with Gasteiger partial charge in [-0.1, -0.05) is 19.4 Å². The molecule has 21 heavy (non-hydrogen) atoms. The van der Waals surface area contributed by atoms with E-state index in [9.17, 15) is 5.11 Å². The van der Waals surface area contributed by atoms with E-state index in [1.165, 1.54) is 12.8 Å².